The molecule has 0 bridgehead atoms. The second kappa shape index (κ2) is 4.89. The van der Waals surface area contributed by atoms with E-state index in [0.717, 1.165) is 6.07 Å². The average Bonchev–Trinajstić information content (AvgIpc) is 2.24. The summed E-state index contributed by atoms with van der Waals surface area (Å²) < 4.78 is 17.6. The van der Waals surface area contributed by atoms with Crippen LogP contribution in [0.15, 0.2) is 12.1 Å². The van der Waals surface area contributed by atoms with Gasteiger partial charge in [0.15, 0.2) is 0 Å². The summed E-state index contributed by atoms with van der Waals surface area (Å²) in [4.78, 5) is 21.4. The molecule has 0 N–H and O–H groups in total. The molecule has 0 aliphatic heterocycles. The summed E-state index contributed by atoms with van der Waals surface area (Å²) in [6.45, 7) is 0. The zero-order valence-electron chi connectivity index (χ0n) is 7.92. The molecule has 1 aromatic carbocycles. The highest BCUT2D eigenvalue weighted by atomic mass is 35.5. The van der Waals surface area contributed by atoms with E-state index in [4.69, 9.17) is 11.6 Å². The first-order valence-corrected chi connectivity index (χ1v) is 4.46. The summed E-state index contributed by atoms with van der Waals surface area (Å²) in [5.74, 6) is -1.26. The van der Waals surface area contributed by atoms with Crippen molar-refractivity contribution >= 4 is 23.9 Å². The van der Waals surface area contributed by atoms with E-state index in [1.54, 1.807) is 0 Å². The molecule has 0 saturated carbocycles. The second-order valence-corrected chi connectivity index (χ2v) is 3.22. The first kappa shape index (κ1) is 11.7. The van der Waals surface area contributed by atoms with Crippen molar-refractivity contribution in [2.45, 2.75) is 6.42 Å². The van der Waals surface area contributed by atoms with Gasteiger partial charge in [0.25, 0.3) is 0 Å². The molecular weight excluding hydrogens is 223 g/mol. The van der Waals surface area contributed by atoms with Gasteiger partial charge in [0, 0.05) is 5.56 Å². The van der Waals surface area contributed by atoms with Crippen LogP contribution < -0.4 is 0 Å². The fourth-order valence-corrected chi connectivity index (χ4v) is 1.27. The highest BCUT2D eigenvalue weighted by Gasteiger charge is 2.12. The Kier molecular flexibility index (Phi) is 3.80. The summed E-state index contributed by atoms with van der Waals surface area (Å²) in [5.41, 5.74) is 0.376. The lowest BCUT2D eigenvalue weighted by atomic mass is 10.1. The Balaban J connectivity index is 3.10. The quantitative estimate of drug-likeness (QED) is 0.589. The lowest BCUT2D eigenvalue weighted by molar-refractivity contribution is -0.139. The van der Waals surface area contributed by atoms with Crippen LogP contribution in [0, 0.1) is 5.82 Å². The molecule has 1 rings (SSSR count). The maximum Gasteiger partial charge on any atom is 0.310 e. The van der Waals surface area contributed by atoms with Crippen LogP contribution in [0.1, 0.15) is 15.9 Å². The standard InChI is InChI=1S/C10H8ClFO3/c1-15-9(14)4-7-2-6(5-13)3-8(12)10(7)11/h2-3,5H,4H2,1H3. The molecule has 0 heterocycles. The summed E-state index contributed by atoms with van der Waals surface area (Å²) in [6.07, 6.45) is 0.328. The van der Waals surface area contributed by atoms with Crippen LogP contribution in [-0.2, 0) is 16.0 Å². The largest absolute Gasteiger partial charge is 0.469 e. The summed E-state index contributed by atoms with van der Waals surface area (Å²) in [7, 11) is 1.22. The third-order valence-electron chi connectivity index (χ3n) is 1.82. The summed E-state index contributed by atoms with van der Waals surface area (Å²) in [5, 5.41) is -0.161. The van der Waals surface area contributed by atoms with Gasteiger partial charge >= 0.3 is 5.97 Å². The van der Waals surface area contributed by atoms with Gasteiger partial charge in [-0.1, -0.05) is 11.6 Å². The van der Waals surface area contributed by atoms with Gasteiger partial charge in [0.05, 0.1) is 18.6 Å². The van der Waals surface area contributed by atoms with Crippen LogP contribution in [0.3, 0.4) is 0 Å². The van der Waals surface area contributed by atoms with E-state index in [0.29, 0.717) is 6.29 Å². The van der Waals surface area contributed by atoms with Crippen LogP contribution in [0.2, 0.25) is 5.02 Å². The number of rotatable bonds is 3. The predicted molar refractivity (Wildman–Crippen MR) is 52.5 cm³/mol. The monoisotopic (exact) mass is 230 g/mol. The Morgan fingerprint density at radius 3 is 2.80 bits per heavy atom. The molecule has 3 nitrogen and oxygen atoms in total. The Morgan fingerprint density at radius 1 is 1.60 bits per heavy atom. The SMILES string of the molecule is COC(=O)Cc1cc(C=O)cc(F)c1Cl. The highest BCUT2D eigenvalue weighted by Crippen LogP contribution is 2.22. The number of esters is 1. The minimum Gasteiger partial charge on any atom is -0.469 e. The van der Waals surface area contributed by atoms with Gasteiger partial charge in [-0.2, -0.15) is 0 Å². The van der Waals surface area contributed by atoms with E-state index < -0.39 is 11.8 Å². The lowest BCUT2D eigenvalue weighted by Crippen LogP contribution is -2.06. The predicted octanol–water partition coefficient (Wildman–Crippen LogP) is 2.01. The zero-order chi connectivity index (χ0) is 11.4. The Labute approximate surface area is 90.8 Å². The smallest absolute Gasteiger partial charge is 0.310 e. The van der Waals surface area contributed by atoms with Crippen LogP contribution in [-0.4, -0.2) is 19.4 Å². The molecular formula is C10H8ClFO3. The molecule has 0 amide bonds. The molecule has 0 aromatic heterocycles. The van der Waals surface area contributed by atoms with E-state index in [2.05, 4.69) is 4.74 Å². The molecule has 0 aliphatic rings. The topological polar surface area (TPSA) is 43.4 Å². The van der Waals surface area contributed by atoms with Gasteiger partial charge in [-0.3, -0.25) is 9.59 Å². The van der Waals surface area contributed by atoms with E-state index in [9.17, 15) is 14.0 Å². The number of ether oxygens (including phenoxy) is 1. The van der Waals surface area contributed by atoms with Crippen molar-refractivity contribution in [2.24, 2.45) is 0 Å². The number of hydrogen-bond donors (Lipinski definition) is 0. The lowest BCUT2D eigenvalue weighted by Gasteiger charge is -2.04. The molecule has 0 fully saturated rings. The fraction of sp³-hybridized carbons (Fsp3) is 0.200. The van der Waals surface area contributed by atoms with Crippen molar-refractivity contribution in [1.29, 1.82) is 0 Å². The van der Waals surface area contributed by atoms with Crippen LogP contribution in [0.25, 0.3) is 0 Å². The first-order valence-electron chi connectivity index (χ1n) is 4.08. The van der Waals surface area contributed by atoms with Gasteiger partial charge in [-0.15, -0.1) is 0 Å². The van der Waals surface area contributed by atoms with Gasteiger partial charge < -0.3 is 4.74 Å². The third-order valence-corrected chi connectivity index (χ3v) is 2.25. The molecule has 0 atom stereocenters. The molecule has 0 radical (unpaired) electrons. The molecule has 0 spiro atoms. The number of methoxy groups -OCH3 is 1. The molecule has 15 heavy (non-hydrogen) atoms. The fourth-order valence-electron chi connectivity index (χ4n) is 1.09. The van der Waals surface area contributed by atoms with Crippen LogP contribution >= 0.6 is 11.6 Å². The number of carbonyl (C=O) groups excluding carboxylic acids is 2. The second-order valence-electron chi connectivity index (χ2n) is 2.85. The van der Waals surface area contributed by atoms with Crippen molar-refractivity contribution in [2.75, 3.05) is 7.11 Å². The maximum absolute atomic E-state index is 13.1. The molecule has 5 heteroatoms. The molecule has 80 valence electrons. The highest BCUT2D eigenvalue weighted by molar-refractivity contribution is 6.31. The maximum atomic E-state index is 13.1. The number of halogens is 2. The van der Waals surface area contributed by atoms with E-state index >= 15 is 0 Å². The molecule has 1 aromatic rings. The van der Waals surface area contributed by atoms with Crippen molar-refractivity contribution in [3.05, 3.63) is 34.1 Å². The number of aldehydes is 1. The molecule has 0 aliphatic carbocycles. The number of benzene rings is 1. The van der Waals surface area contributed by atoms with Gasteiger partial charge in [-0.25, -0.2) is 4.39 Å². The van der Waals surface area contributed by atoms with Crippen molar-refractivity contribution in [3.8, 4) is 0 Å². The zero-order valence-corrected chi connectivity index (χ0v) is 8.68. The Morgan fingerprint density at radius 2 is 2.27 bits per heavy atom. The summed E-state index contributed by atoms with van der Waals surface area (Å²) >= 11 is 5.62. The van der Waals surface area contributed by atoms with Crippen molar-refractivity contribution < 1.29 is 18.7 Å². The van der Waals surface area contributed by atoms with Crippen molar-refractivity contribution in [1.82, 2.24) is 0 Å². The Bertz CT molecular complexity index is 404. The summed E-state index contributed by atoms with van der Waals surface area (Å²) in [6, 6.07) is 2.37. The number of hydrogen-bond acceptors (Lipinski definition) is 3. The average molecular weight is 231 g/mol. The van der Waals surface area contributed by atoms with E-state index in [-0.39, 0.29) is 22.6 Å². The minimum absolute atomic E-state index is 0.135. The molecule has 0 saturated heterocycles. The van der Waals surface area contributed by atoms with Crippen LogP contribution in [0.4, 0.5) is 4.39 Å². The van der Waals surface area contributed by atoms with Gasteiger partial charge in [-0.05, 0) is 17.7 Å². The first-order chi connectivity index (χ1) is 7.08. The third kappa shape index (κ3) is 2.76. The minimum atomic E-state index is -0.722. The van der Waals surface area contributed by atoms with E-state index in [1.165, 1.54) is 13.2 Å². The number of carbonyl (C=O) groups is 2. The molecule has 0 unspecified atom stereocenters. The van der Waals surface area contributed by atoms with Crippen LogP contribution in [0.5, 0.6) is 0 Å². The Hall–Kier alpha value is -1.42. The van der Waals surface area contributed by atoms with E-state index in [1.807, 2.05) is 0 Å². The normalized spacial score (nSPS) is 9.80. The van der Waals surface area contributed by atoms with Gasteiger partial charge in [0.2, 0.25) is 0 Å². The van der Waals surface area contributed by atoms with Crippen molar-refractivity contribution in [3.63, 3.8) is 0 Å². The van der Waals surface area contributed by atoms with Gasteiger partial charge in [0.1, 0.15) is 12.1 Å².